The number of hydrogen-bond acceptors (Lipinski definition) is 1. The molecule has 100 valence electrons. The van der Waals surface area contributed by atoms with Gasteiger partial charge in [0.2, 0.25) is 0 Å². The quantitative estimate of drug-likeness (QED) is 0.791. The van der Waals surface area contributed by atoms with Crippen molar-refractivity contribution in [1.29, 1.82) is 0 Å². The first-order valence-electron chi connectivity index (χ1n) is 5.67. The monoisotopic (exact) mass is 333 g/mol. The van der Waals surface area contributed by atoms with E-state index in [1.165, 1.54) is 0 Å². The summed E-state index contributed by atoms with van der Waals surface area (Å²) in [6.07, 6.45) is 0.615. The van der Waals surface area contributed by atoms with Crippen LogP contribution in [0.5, 0.6) is 0 Å². The summed E-state index contributed by atoms with van der Waals surface area (Å²) in [6, 6.07) is 8.89. The van der Waals surface area contributed by atoms with E-state index in [9.17, 15) is 0 Å². The van der Waals surface area contributed by atoms with E-state index in [2.05, 4.69) is 0 Å². The molecule has 5 heteroatoms. The molecule has 0 saturated heterocycles. The van der Waals surface area contributed by atoms with E-state index >= 15 is 0 Å². The molecule has 0 spiro atoms. The lowest BCUT2D eigenvalue weighted by Crippen LogP contribution is -2.04. The summed E-state index contributed by atoms with van der Waals surface area (Å²) in [6.45, 7) is 0.478. The van der Waals surface area contributed by atoms with Crippen molar-refractivity contribution in [3.05, 3.63) is 56.0 Å². The lowest BCUT2D eigenvalue weighted by Gasteiger charge is -2.12. The maximum Gasteiger partial charge on any atom is 0.0532 e. The summed E-state index contributed by atoms with van der Waals surface area (Å²) in [5.74, 6) is 0. The number of halogens is 4. The first-order chi connectivity index (χ1) is 9.04. The van der Waals surface area contributed by atoms with Gasteiger partial charge in [0.25, 0.3) is 0 Å². The fourth-order valence-corrected chi connectivity index (χ4v) is 2.94. The van der Waals surface area contributed by atoms with Crippen molar-refractivity contribution >= 4 is 46.4 Å². The first kappa shape index (κ1) is 15.0. The molecule has 0 radical (unpaired) electrons. The molecule has 2 rings (SSSR count). The number of rotatable bonds is 3. The molecule has 2 N–H and O–H groups in total. The Balaban J connectivity index is 2.63. The van der Waals surface area contributed by atoms with E-state index in [0.29, 0.717) is 33.1 Å². The summed E-state index contributed by atoms with van der Waals surface area (Å²) >= 11 is 24.8. The molecule has 0 aliphatic heterocycles. The van der Waals surface area contributed by atoms with Crippen LogP contribution in [0, 0.1) is 0 Å². The van der Waals surface area contributed by atoms with Crippen LogP contribution in [-0.4, -0.2) is 6.54 Å². The Kier molecular flexibility index (Phi) is 4.99. The van der Waals surface area contributed by atoms with Gasteiger partial charge in [0.15, 0.2) is 0 Å². The van der Waals surface area contributed by atoms with Crippen LogP contribution in [0.3, 0.4) is 0 Å². The molecule has 0 saturated carbocycles. The van der Waals surface area contributed by atoms with Crippen molar-refractivity contribution in [2.24, 2.45) is 5.73 Å². The zero-order valence-corrected chi connectivity index (χ0v) is 12.9. The number of hydrogen-bond donors (Lipinski definition) is 1. The summed E-state index contributed by atoms with van der Waals surface area (Å²) in [5, 5.41) is 2.37. The van der Waals surface area contributed by atoms with Crippen molar-refractivity contribution in [2.45, 2.75) is 6.42 Å². The molecule has 0 amide bonds. The standard InChI is InChI=1S/C14H11Cl4N/c15-8-1-3-13(17)11(7-8)9-2-4-12(16)10(5-6-19)14(9)18/h1-4,7H,5-6,19H2. The number of nitrogens with two attached hydrogens (primary N) is 1. The zero-order valence-electron chi connectivity index (χ0n) is 9.89. The molecule has 0 heterocycles. The van der Waals surface area contributed by atoms with Gasteiger partial charge in [-0.05, 0) is 42.8 Å². The third-order valence-electron chi connectivity index (χ3n) is 2.80. The molecule has 2 aromatic rings. The van der Waals surface area contributed by atoms with Gasteiger partial charge in [0.1, 0.15) is 0 Å². The predicted octanol–water partition coefficient (Wildman–Crippen LogP) is 5.47. The molecule has 0 aromatic heterocycles. The molecule has 0 fully saturated rings. The minimum atomic E-state index is 0.478. The van der Waals surface area contributed by atoms with Gasteiger partial charge < -0.3 is 5.73 Å². The van der Waals surface area contributed by atoms with E-state index in [1.54, 1.807) is 24.3 Å². The Morgan fingerprint density at radius 2 is 1.53 bits per heavy atom. The Hall–Kier alpha value is -0.440. The second kappa shape index (κ2) is 6.34. The smallest absolute Gasteiger partial charge is 0.0532 e. The minimum Gasteiger partial charge on any atom is -0.330 e. The largest absolute Gasteiger partial charge is 0.330 e. The molecule has 0 bridgehead atoms. The van der Waals surface area contributed by atoms with Gasteiger partial charge in [-0.15, -0.1) is 0 Å². The van der Waals surface area contributed by atoms with E-state index < -0.39 is 0 Å². The van der Waals surface area contributed by atoms with Gasteiger partial charge in [-0.3, -0.25) is 0 Å². The lowest BCUT2D eigenvalue weighted by atomic mass is 10.0. The van der Waals surface area contributed by atoms with Crippen molar-refractivity contribution < 1.29 is 0 Å². The summed E-state index contributed by atoms with van der Waals surface area (Å²) < 4.78 is 0. The molecule has 0 unspecified atom stereocenters. The Labute approximate surface area is 132 Å². The molecule has 1 nitrogen and oxygen atoms in total. The SMILES string of the molecule is NCCc1c(Cl)ccc(-c2cc(Cl)ccc2Cl)c1Cl. The second-order valence-electron chi connectivity index (χ2n) is 4.05. The molecule has 0 atom stereocenters. The zero-order chi connectivity index (χ0) is 14.0. The van der Waals surface area contributed by atoms with Crippen LogP contribution in [0.15, 0.2) is 30.3 Å². The van der Waals surface area contributed by atoms with Crippen LogP contribution >= 0.6 is 46.4 Å². The highest BCUT2D eigenvalue weighted by Crippen LogP contribution is 2.39. The fourth-order valence-electron chi connectivity index (χ4n) is 1.88. The molecule has 0 aliphatic rings. The van der Waals surface area contributed by atoms with Crippen molar-refractivity contribution in [1.82, 2.24) is 0 Å². The highest BCUT2D eigenvalue weighted by atomic mass is 35.5. The molecular weight excluding hydrogens is 324 g/mol. The maximum absolute atomic E-state index is 6.41. The molecule has 0 aliphatic carbocycles. The van der Waals surface area contributed by atoms with E-state index in [4.69, 9.17) is 52.1 Å². The first-order valence-corrected chi connectivity index (χ1v) is 7.18. The van der Waals surface area contributed by atoms with Crippen LogP contribution in [0.1, 0.15) is 5.56 Å². The van der Waals surface area contributed by atoms with Gasteiger partial charge >= 0.3 is 0 Å². The fraction of sp³-hybridized carbons (Fsp3) is 0.143. The van der Waals surface area contributed by atoms with Crippen molar-refractivity contribution in [3.8, 4) is 11.1 Å². The third kappa shape index (κ3) is 3.18. The van der Waals surface area contributed by atoms with Crippen LogP contribution in [0.2, 0.25) is 20.1 Å². The highest BCUT2D eigenvalue weighted by molar-refractivity contribution is 6.39. The Bertz CT molecular complexity index is 611. The maximum atomic E-state index is 6.41. The van der Waals surface area contributed by atoms with E-state index in [0.717, 1.165) is 16.7 Å². The van der Waals surface area contributed by atoms with Gasteiger partial charge in [-0.25, -0.2) is 0 Å². The third-order valence-corrected chi connectivity index (χ3v) is 4.15. The van der Waals surface area contributed by atoms with E-state index in [-0.39, 0.29) is 0 Å². The lowest BCUT2D eigenvalue weighted by molar-refractivity contribution is 0.969. The van der Waals surface area contributed by atoms with Gasteiger partial charge in [0, 0.05) is 26.2 Å². The average Bonchev–Trinajstić information content (AvgIpc) is 2.38. The van der Waals surface area contributed by atoms with Gasteiger partial charge in [-0.2, -0.15) is 0 Å². The van der Waals surface area contributed by atoms with Crippen LogP contribution < -0.4 is 5.73 Å². The van der Waals surface area contributed by atoms with Crippen LogP contribution in [-0.2, 0) is 6.42 Å². The van der Waals surface area contributed by atoms with Crippen LogP contribution in [0.25, 0.3) is 11.1 Å². The van der Waals surface area contributed by atoms with Crippen molar-refractivity contribution in [3.63, 3.8) is 0 Å². The summed E-state index contributed by atoms with van der Waals surface area (Å²) in [4.78, 5) is 0. The normalized spacial score (nSPS) is 10.8. The Morgan fingerprint density at radius 3 is 2.21 bits per heavy atom. The Morgan fingerprint density at radius 1 is 0.842 bits per heavy atom. The summed E-state index contributed by atoms with van der Waals surface area (Å²) in [7, 11) is 0. The topological polar surface area (TPSA) is 26.0 Å². The predicted molar refractivity (Wildman–Crippen MR) is 84.7 cm³/mol. The minimum absolute atomic E-state index is 0.478. The molecule has 2 aromatic carbocycles. The number of benzene rings is 2. The van der Waals surface area contributed by atoms with Gasteiger partial charge in [-0.1, -0.05) is 52.5 Å². The van der Waals surface area contributed by atoms with Gasteiger partial charge in [0.05, 0.1) is 5.02 Å². The van der Waals surface area contributed by atoms with Crippen molar-refractivity contribution in [2.75, 3.05) is 6.54 Å². The van der Waals surface area contributed by atoms with Crippen LogP contribution in [0.4, 0.5) is 0 Å². The second-order valence-corrected chi connectivity index (χ2v) is 5.68. The van der Waals surface area contributed by atoms with E-state index in [1.807, 2.05) is 6.07 Å². The molecular formula is C14H11Cl4N. The molecule has 19 heavy (non-hydrogen) atoms. The summed E-state index contributed by atoms with van der Waals surface area (Å²) in [5.41, 5.74) is 8.00. The highest BCUT2D eigenvalue weighted by Gasteiger charge is 2.14. The average molecular weight is 335 g/mol.